The lowest BCUT2D eigenvalue weighted by molar-refractivity contribution is 0.136. The number of benzene rings is 2. The third-order valence-electron chi connectivity index (χ3n) is 5.35. The van der Waals surface area contributed by atoms with Gasteiger partial charge in [-0.1, -0.05) is 41.9 Å². The Morgan fingerprint density at radius 2 is 1.79 bits per heavy atom. The van der Waals surface area contributed by atoms with Crippen molar-refractivity contribution in [3.63, 3.8) is 0 Å². The average Bonchev–Trinajstić information content (AvgIpc) is 2.68. The van der Waals surface area contributed by atoms with Crippen LogP contribution in [0.4, 0.5) is 10.5 Å². The third kappa shape index (κ3) is 3.27. The predicted octanol–water partition coefficient (Wildman–Crippen LogP) is 3.96. The smallest absolute Gasteiger partial charge is 0.414 e. The fourth-order valence-corrected chi connectivity index (χ4v) is 6.19. The van der Waals surface area contributed by atoms with Gasteiger partial charge in [0.15, 0.2) is 0 Å². The van der Waals surface area contributed by atoms with Gasteiger partial charge in [-0.2, -0.15) is 4.31 Å². The van der Waals surface area contributed by atoms with Gasteiger partial charge in [0.2, 0.25) is 10.0 Å². The third-order valence-corrected chi connectivity index (χ3v) is 7.88. The zero-order chi connectivity index (χ0) is 19.9. The molecule has 0 bridgehead atoms. The van der Waals surface area contributed by atoms with Gasteiger partial charge in [0, 0.05) is 24.7 Å². The number of nitrogens with zero attached hydrogens (tertiary/aromatic N) is 2. The van der Waals surface area contributed by atoms with Crippen LogP contribution in [-0.4, -0.2) is 37.9 Å². The van der Waals surface area contributed by atoms with Crippen LogP contribution in [0.3, 0.4) is 0 Å². The quantitative estimate of drug-likeness (QED) is 0.753. The van der Waals surface area contributed by atoms with Gasteiger partial charge in [0.05, 0.1) is 10.7 Å². The zero-order valence-corrected chi connectivity index (χ0v) is 17.0. The van der Waals surface area contributed by atoms with Gasteiger partial charge in [-0.25, -0.2) is 13.2 Å². The SMILES string of the molecule is Cc1cccc(Cl)c1S(=O)(=O)N1CCC(N2C(=O)OCc3ccccc32)CC1. The van der Waals surface area contributed by atoms with Crippen molar-refractivity contribution in [1.29, 1.82) is 0 Å². The van der Waals surface area contributed by atoms with Crippen molar-refractivity contribution in [2.24, 2.45) is 0 Å². The molecule has 4 rings (SSSR count). The number of carbonyl (C=O) groups is 1. The monoisotopic (exact) mass is 420 g/mol. The van der Waals surface area contributed by atoms with E-state index in [9.17, 15) is 13.2 Å². The lowest BCUT2D eigenvalue weighted by atomic mass is 10.0. The van der Waals surface area contributed by atoms with Gasteiger partial charge in [0.25, 0.3) is 0 Å². The van der Waals surface area contributed by atoms with E-state index in [1.807, 2.05) is 24.3 Å². The lowest BCUT2D eigenvalue weighted by Crippen LogP contribution is -2.50. The number of aryl methyl sites for hydroxylation is 1. The molecule has 8 heteroatoms. The number of cyclic esters (lactones) is 1. The number of amides is 1. The van der Waals surface area contributed by atoms with Crippen LogP contribution in [-0.2, 0) is 21.4 Å². The van der Waals surface area contributed by atoms with Crippen LogP contribution in [0.2, 0.25) is 5.02 Å². The van der Waals surface area contributed by atoms with Crippen LogP contribution < -0.4 is 4.90 Å². The second-order valence-corrected chi connectivity index (χ2v) is 9.36. The molecular weight excluding hydrogens is 400 g/mol. The molecule has 2 aliphatic heterocycles. The number of hydrogen-bond acceptors (Lipinski definition) is 4. The van der Waals surface area contributed by atoms with E-state index in [1.165, 1.54) is 4.31 Å². The van der Waals surface area contributed by atoms with Gasteiger partial charge in [-0.05, 0) is 37.5 Å². The fourth-order valence-electron chi connectivity index (χ4n) is 3.93. The highest BCUT2D eigenvalue weighted by Gasteiger charge is 2.37. The summed E-state index contributed by atoms with van der Waals surface area (Å²) in [6.07, 6.45) is 0.695. The predicted molar refractivity (Wildman–Crippen MR) is 107 cm³/mol. The van der Waals surface area contributed by atoms with Crippen LogP contribution >= 0.6 is 11.6 Å². The Kier molecular flexibility index (Phi) is 5.07. The van der Waals surface area contributed by atoms with Gasteiger partial charge in [0.1, 0.15) is 11.5 Å². The van der Waals surface area contributed by atoms with Crippen molar-refractivity contribution < 1.29 is 17.9 Å². The van der Waals surface area contributed by atoms with Crippen LogP contribution in [0.1, 0.15) is 24.0 Å². The maximum absolute atomic E-state index is 13.1. The summed E-state index contributed by atoms with van der Waals surface area (Å²) in [6, 6.07) is 12.6. The number of carbonyl (C=O) groups excluding carboxylic acids is 1. The topological polar surface area (TPSA) is 66.9 Å². The number of sulfonamides is 1. The molecule has 148 valence electrons. The van der Waals surface area contributed by atoms with Crippen molar-refractivity contribution in [3.8, 4) is 0 Å². The Balaban J connectivity index is 1.55. The van der Waals surface area contributed by atoms with Crippen LogP contribution in [0.5, 0.6) is 0 Å². The number of rotatable bonds is 3. The van der Waals surface area contributed by atoms with Crippen molar-refractivity contribution >= 4 is 33.4 Å². The van der Waals surface area contributed by atoms with Crippen molar-refractivity contribution in [1.82, 2.24) is 4.31 Å². The van der Waals surface area contributed by atoms with Crippen LogP contribution in [0.15, 0.2) is 47.4 Å². The molecule has 1 amide bonds. The first-order chi connectivity index (χ1) is 13.4. The summed E-state index contributed by atoms with van der Waals surface area (Å²) in [4.78, 5) is 14.2. The van der Waals surface area contributed by atoms with Gasteiger partial charge in [-0.15, -0.1) is 0 Å². The molecule has 0 atom stereocenters. The van der Waals surface area contributed by atoms with Gasteiger partial charge in [-0.3, -0.25) is 4.90 Å². The minimum atomic E-state index is -3.68. The van der Waals surface area contributed by atoms with Crippen molar-refractivity contribution in [2.75, 3.05) is 18.0 Å². The molecular formula is C20H21ClN2O4S. The molecule has 0 spiro atoms. The van der Waals surface area contributed by atoms with Crippen molar-refractivity contribution in [3.05, 3.63) is 58.6 Å². The highest BCUT2D eigenvalue weighted by atomic mass is 35.5. The first kappa shape index (κ1) is 19.2. The Morgan fingerprint density at radius 1 is 1.07 bits per heavy atom. The number of halogens is 1. The van der Waals surface area contributed by atoms with Crippen molar-refractivity contribution in [2.45, 2.75) is 37.3 Å². The average molecular weight is 421 g/mol. The largest absolute Gasteiger partial charge is 0.444 e. The van der Waals surface area contributed by atoms with E-state index in [0.29, 0.717) is 31.5 Å². The first-order valence-electron chi connectivity index (χ1n) is 9.19. The van der Waals surface area contributed by atoms with E-state index in [0.717, 1.165) is 11.3 Å². The number of anilines is 1. The first-order valence-corrected chi connectivity index (χ1v) is 11.0. The molecule has 2 aliphatic rings. The van der Waals surface area contributed by atoms with E-state index in [4.69, 9.17) is 16.3 Å². The number of ether oxygens (including phenoxy) is 1. The molecule has 0 unspecified atom stereocenters. The molecule has 0 aliphatic carbocycles. The normalized spacial score (nSPS) is 18.6. The molecule has 2 aromatic rings. The highest BCUT2D eigenvalue weighted by molar-refractivity contribution is 7.89. The molecule has 0 N–H and O–H groups in total. The number of para-hydroxylation sites is 1. The molecule has 0 saturated carbocycles. The van der Waals surface area contributed by atoms with Crippen LogP contribution in [0, 0.1) is 6.92 Å². The van der Waals surface area contributed by atoms with Crippen LogP contribution in [0.25, 0.3) is 0 Å². The molecule has 28 heavy (non-hydrogen) atoms. The number of fused-ring (bicyclic) bond motifs is 1. The summed E-state index contributed by atoms with van der Waals surface area (Å²) in [5, 5.41) is 0.232. The zero-order valence-electron chi connectivity index (χ0n) is 15.5. The molecule has 0 aromatic heterocycles. The molecule has 0 radical (unpaired) electrons. The second-order valence-electron chi connectivity index (χ2n) is 7.07. The summed E-state index contributed by atoms with van der Waals surface area (Å²) >= 11 is 6.18. The minimum Gasteiger partial charge on any atom is -0.444 e. The van der Waals surface area contributed by atoms with E-state index in [-0.39, 0.29) is 28.7 Å². The van der Waals surface area contributed by atoms with E-state index in [1.54, 1.807) is 30.0 Å². The van der Waals surface area contributed by atoms with E-state index < -0.39 is 10.0 Å². The Labute approximate surface area is 169 Å². The maximum Gasteiger partial charge on any atom is 0.414 e. The number of hydrogen-bond donors (Lipinski definition) is 0. The Morgan fingerprint density at radius 3 is 2.50 bits per heavy atom. The maximum atomic E-state index is 13.1. The molecule has 6 nitrogen and oxygen atoms in total. The highest BCUT2D eigenvalue weighted by Crippen LogP contribution is 2.34. The summed E-state index contributed by atoms with van der Waals surface area (Å²) in [6.45, 7) is 2.66. The minimum absolute atomic E-state index is 0.104. The summed E-state index contributed by atoms with van der Waals surface area (Å²) in [7, 11) is -3.68. The summed E-state index contributed by atoms with van der Waals surface area (Å²) in [5.74, 6) is 0. The lowest BCUT2D eigenvalue weighted by Gasteiger charge is -2.39. The summed E-state index contributed by atoms with van der Waals surface area (Å²) in [5.41, 5.74) is 2.44. The molecule has 1 fully saturated rings. The van der Waals surface area contributed by atoms with E-state index >= 15 is 0 Å². The Hall–Kier alpha value is -2.09. The van der Waals surface area contributed by atoms with E-state index in [2.05, 4.69) is 0 Å². The standard InChI is InChI=1S/C20H21ClN2O4S/c1-14-5-4-7-17(21)19(14)28(25,26)22-11-9-16(10-12-22)23-18-8-3-2-6-15(18)13-27-20(23)24/h2-8,16H,9-13H2,1H3. The molecule has 2 aromatic carbocycles. The molecule has 1 saturated heterocycles. The van der Waals surface area contributed by atoms with Gasteiger partial charge < -0.3 is 4.74 Å². The number of piperidine rings is 1. The summed E-state index contributed by atoms with van der Waals surface area (Å²) < 4.78 is 33.0. The fraction of sp³-hybridized carbons (Fsp3) is 0.350. The Bertz CT molecular complexity index is 996. The molecule has 2 heterocycles. The second kappa shape index (κ2) is 7.39. The van der Waals surface area contributed by atoms with Gasteiger partial charge >= 0.3 is 6.09 Å².